The summed E-state index contributed by atoms with van der Waals surface area (Å²) in [6.07, 6.45) is 5.69. The number of Topliss-reactive ketones (excluding diaryl/α,β-unsaturated/α-hetero) is 1. The van der Waals surface area contributed by atoms with Crippen LogP contribution in [0.25, 0.3) is 0 Å². The molecule has 25 heavy (non-hydrogen) atoms. The number of ketones is 1. The molecule has 0 aliphatic carbocycles. The van der Waals surface area contributed by atoms with E-state index in [0.717, 1.165) is 12.8 Å². The van der Waals surface area contributed by atoms with Crippen molar-refractivity contribution in [3.8, 4) is 5.75 Å². The molecule has 2 aromatic rings. The van der Waals surface area contributed by atoms with E-state index in [-0.39, 0.29) is 24.5 Å². The van der Waals surface area contributed by atoms with Gasteiger partial charge >= 0.3 is 0 Å². The number of likely N-dealkylation sites (tertiary alicyclic amines) is 1. The Morgan fingerprint density at radius 2 is 1.72 bits per heavy atom. The summed E-state index contributed by atoms with van der Waals surface area (Å²) in [5.41, 5.74) is 0.611. The highest BCUT2D eigenvalue weighted by Crippen LogP contribution is 2.22. The Bertz CT molecular complexity index is 704. The van der Waals surface area contributed by atoms with Crippen LogP contribution in [0.1, 0.15) is 42.1 Å². The van der Waals surface area contributed by atoms with Crippen LogP contribution in [0.4, 0.5) is 0 Å². The summed E-state index contributed by atoms with van der Waals surface area (Å²) >= 11 is 0. The zero-order chi connectivity index (χ0) is 17.6. The molecule has 1 amide bonds. The van der Waals surface area contributed by atoms with Crippen molar-refractivity contribution in [3.05, 3.63) is 42.5 Å². The smallest absolute Gasteiger partial charge is 0.223 e. The zero-order valence-corrected chi connectivity index (χ0v) is 14.3. The fraction of sp³-hybridized carbons (Fsp3) is 0.444. The third-order valence-corrected chi connectivity index (χ3v) is 4.65. The second-order valence-electron chi connectivity index (χ2n) is 6.17. The molecule has 1 aliphatic heterocycles. The average Bonchev–Trinajstić information content (AvgIpc) is 3.21. The highest BCUT2D eigenvalue weighted by Gasteiger charge is 2.24. The van der Waals surface area contributed by atoms with E-state index in [9.17, 15) is 9.59 Å². The lowest BCUT2D eigenvalue weighted by atomic mass is 10.0. The molecule has 1 aromatic heterocycles. The molecule has 0 N–H and O–H groups in total. The van der Waals surface area contributed by atoms with E-state index in [4.69, 9.17) is 4.74 Å². The number of nitrogens with zero attached hydrogens (tertiary/aromatic N) is 4. The first kappa shape index (κ1) is 17.1. The van der Waals surface area contributed by atoms with Crippen molar-refractivity contribution in [3.63, 3.8) is 0 Å². The third-order valence-electron chi connectivity index (χ3n) is 4.65. The minimum absolute atomic E-state index is 0.0182. The van der Waals surface area contributed by atoms with Crippen molar-refractivity contribution >= 4 is 11.7 Å². The van der Waals surface area contributed by atoms with Gasteiger partial charge in [-0.2, -0.15) is 0 Å². The first-order valence-electron chi connectivity index (χ1n) is 8.46. The van der Waals surface area contributed by atoms with Gasteiger partial charge in [0.25, 0.3) is 0 Å². The number of methoxy groups -OCH3 is 1. The first-order chi connectivity index (χ1) is 12.2. The van der Waals surface area contributed by atoms with E-state index in [1.54, 1.807) is 44.0 Å². The Kier molecular flexibility index (Phi) is 5.42. The summed E-state index contributed by atoms with van der Waals surface area (Å²) in [6, 6.07) is 7.32. The van der Waals surface area contributed by atoms with Gasteiger partial charge in [-0.15, -0.1) is 10.2 Å². The molecule has 7 nitrogen and oxygen atoms in total. The topological polar surface area (TPSA) is 77.3 Å². The van der Waals surface area contributed by atoms with Crippen LogP contribution in [-0.4, -0.2) is 51.6 Å². The monoisotopic (exact) mass is 342 g/mol. The molecule has 1 saturated heterocycles. The molecule has 0 saturated carbocycles. The van der Waals surface area contributed by atoms with E-state index in [2.05, 4.69) is 10.2 Å². The molecule has 0 atom stereocenters. The molecule has 7 heteroatoms. The number of carbonyl (C=O) groups is 2. The van der Waals surface area contributed by atoms with Crippen LogP contribution in [0.15, 0.2) is 36.9 Å². The number of piperidine rings is 1. The van der Waals surface area contributed by atoms with Gasteiger partial charge in [-0.05, 0) is 37.1 Å². The third kappa shape index (κ3) is 4.23. The fourth-order valence-corrected chi connectivity index (χ4v) is 3.11. The summed E-state index contributed by atoms with van der Waals surface area (Å²) < 4.78 is 7.08. The number of hydrogen-bond acceptors (Lipinski definition) is 5. The van der Waals surface area contributed by atoms with Crippen molar-refractivity contribution < 1.29 is 14.3 Å². The zero-order valence-electron chi connectivity index (χ0n) is 14.3. The number of hydrogen-bond donors (Lipinski definition) is 0. The van der Waals surface area contributed by atoms with Crippen molar-refractivity contribution in [1.29, 1.82) is 0 Å². The van der Waals surface area contributed by atoms with Gasteiger partial charge in [0, 0.05) is 37.5 Å². The molecule has 1 aliphatic rings. The quantitative estimate of drug-likeness (QED) is 0.752. The Balaban J connectivity index is 1.45. The largest absolute Gasteiger partial charge is 0.497 e. The molecule has 3 rings (SSSR count). The van der Waals surface area contributed by atoms with Gasteiger partial charge < -0.3 is 14.2 Å². The normalized spacial score (nSPS) is 15.2. The van der Waals surface area contributed by atoms with Gasteiger partial charge in [-0.3, -0.25) is 9.59 Å². The van der Waals surface area contributed by atoms with Gasteiger partial charge in [-0.1, -0.05) is 0 Å². The van der Waals surface area contributed by atoms with E-state index >= 15 is 0 Å². The highest BCUT2D eigenvalue weighted by atomic mass is 16.5. The molecule has 1 aromatic carbocycles. The number of rotatable bonds is 6. The molecular formula is C18H22N4O3. The van der Waals surface area contributed by atoms with Gasteiger partial charge in [-0.25, -0.2) is 0 Å². The summed E-state index contributed by atoms with van der Waals surface area (Å²) in [6.45, 7) is 1.41. The van der Waals surface area contributed by atoms with Crippen LogP contribution in [0.5, 0.6) is 5.75 Å². The van der Waals surface area contributed by atoms with Gasteiger partial charge in [0.2, 0.25) is 5.91 Å². The molecule has 132 valence electrons. The Labute approximate surface area is 146 Å². The standard InChI is InChI=1S/C18H22N4O3/c1-25-16-4-2-14(3-5-16)17(23)6-7-18(24)21-10-8-15(9-11-21)22-12-19-20-13-22/h2-5,12-13,15H,6-11H2,1H3. The minimum Gasteiger partial charge on any atom is -0.497 e. The molecule has 0 radical (unpaired) electrons. The highest BCUT2D eigenvalue weighted by molar-refractivity contribution is 5.98. The van der Waals surface area contributed by atoms with Crippen molar-refractivity contribution in [2.45, 2.75) is 31.7 Å². The average molecular weight is 342 g/mol. The maximum absolute atomic E-state index is 12.3. The van der Waals surface area contributed by atoms with Crippen LogP contribution in [0.2, 0.25) is 0 Å². The number of aromatic nitrogens is 3. The van der Waals surface area contributed by atoms with E-state index < -0.39 is 0 Å². The lowest BCUT2D eigenvalue weighted by molar-refractivity contribution is -0.132. The Morgan fingerprint density at radius 1 is 1.08 bits per heavy atom. The predicted molar refractivity (Wildman–Crippen MR) is 91.4 cm³/mol. The number of amides is 1. The molecule has 0 unspecified atom stereocenters. The molecule has 0 spiro atoms. The lowest BCUT2D eigenvalue weighted by Gasteiger charge is -2.32. The van der Waals surface area contributed by atoms with Gasteiger partial charge in [0.05, 0.1) is 7.11 Å². The predicted octanol–water partition coefficient (Wildman–Crippen LogP) is 2.11. The maximum Gasteiger partial charge on any atom is 0.223 e. The number of carbonyl (C=O) groups excluding carboxylic acids is 2. The second-order valence-corrected chi connectivity index (χ2v) is 6.17. The van der Waals surface area contributed by atoms with E-state index in [0.29, 0.717) is 30.4 Å². The summed E-state index contributed by atoms with van der Waals surface area (Å²) in [4.78, 5) is 26.4. The van der Waals surface area contributed by atoms with Crippen LogP contribution in [0.3, 0.4) is 0 Å². The fourth-order valence-electron chi connectivity index (χ4n) is 3.11. The van der Waals surface area contributed by atoms with Gasteiger partial charge in [0.1, 0.15) is 18.4 Å². The van der Waals surface area contributed by atoms with Crippen LogP contribution >= 0.6 is 0 Å². The van der Waals surface area contributed by atoms with Crippen LogP contribution in [0, 0.1) is 0 Å². The van der Waals surface area contributed by atoms with Crippen molar-refractivity contribution in [1.82, 2.24) is 19.7 Å². The van der Waals surface area contributed by atoms with E-state index in [1.165, 1.54) is 0 Å². The van der Waals surface area contributed by atoms with Crippen LogP contribution in [-0.2, 0) is 4.79 Å². The Hall–Kier alpha value is -2.70. The van der Waals surface area contributed by atoms with Crippen molar-refractivity contribution in [2.75, 3.05) is 20.2 Å². The number of benzene rings is 1. The molecule has 2 heterocycles. The molecule has 1 fully saturated rings. The lowest BCUT2D eigenvalue weighted by Crippen LogP contribution is -2.39. The first-order valence-corrected chi connectivity index (χ1v) is 8.46. The number of ether oxygens (including phenoxy) is 1. The minimum atomic E-state index is -0.0182. The molecular weight excluding hydrogens is 320 g/mol. The van der Waals surface area contributed by atoms with Crippen LogP contribution < -0.4 is 4.74 Å². The van der Waals surface area contributed by atoms with Gasteiger partial charge in [0.15, 0.2) is 5.78 Å². The summed E-state index contributed by atoms with van der Waals surface area (Å²) in [5.74, 6) is 0.739. The molecule has 0 bridgehead atoms. The summed E-state index contributed by atoms with van der Waals surface area (Å²) in [7, 11) is 1.59. The SMILES string of the molecule is COc1ccc(C(=O)CCC(=O)N2CCC(n3cnnc3)CC2)cc1. The Morgan fingerprint density at radius 3 is 2.32 bits per heavy atom. The second kappa shape index (κ2) is 7.92. The van der Waals surface area contributed by atoms with E-state index in [1.807, 2.05) is 9.47 Å². The maximum atomic E-state index is 12.3. The van der Waals surface area contributed by atoms with Crippen molar-refractivity contribution in [2.24, 2.45) is 0 Å². The summed E-state index contributed by atoms with van der Waals surface area (Å²) in [5, 5.41) is 7.65.